The second-order valence-electron chi connectivity index (χ2n) is 6.50. The van der Waals surface area contributed by atoms with Gasteiger partial charge in [0.25, 0.3) is 0 Å². The van der Waals surface area contributed by atoms with Gasteiger partial charge in [-0.2, -0.15) is 4.98 Å². The van der Waals surface area contributed by atoms with Gasteiger partial charge in [-0.15, -0.1) is 11.3 Å². The molecule has 2 aromatic heterocycles. The molecule has 0 unspecified atom stereocenters. The van der Waals surface area contributed by atoms with Crippen LogP contribution in [-0.4, -0.2) is 23.1 Å². The Balaban J connectivity index is 2.32. The van der Waals surface area contributed by atoms with E-state index in [4.69, 9.17) is 0 Å². The average Bonchev–Trinajstić information content (AvgIpc) is 2.76. The molecule has 0 saturated carbocycles. The number of hydrogen-bond donors (Lipinski definition) is 2. The average molecular weight is 306 g/mol. The Hall–Kier alpha value is -1.36. The summed E-state index contributed by atoms with van der Waals surface area (Å²) in [5, 5.41) is 7.87. The van der Waals surface area contributed by atoms with Crippen molar-refractivity contribution in [3.63, 3.8) is 0 Å². The molecule has 0 amide bonds. The zero-order chi connectivity index (χ0) is 15.6. The number of anilines is 2. The summed E-state index contributed by atoms with van der Waals surface area (Å²) in [7, 11) is 0. The quantitative estimate of drug-likeness (QED) is 0.823. The molecule has 116 valence electrons. The van der Waals surface area contributed by atoms with Crippen LogP contribution in [0.15, 0.2) is 6.07 Å². The fourth-order valence-corrected chi connectivity index (χ4v) is 2.81. The molecule has 0 aliphatic rings. The summed E-state index contributed by atoms with van der Waals surface area (Å²) < 4.78 is 0. The van der Waals surface area contributed by atoms with Crippen molar-refractivity contribution in [2.24, 2.45) is 11.3 Å². The normalized spacial score (nSPS) is 12.1. The molecule has 2 rings (SSSR count). The molecule has 0 aliphatic carbocycles. The lowest BCUT2D eigenvalue weighted by atomic mass is 9.81. The van der Waals surface area contributed by atoms with E-state index < -0.39 is 0 Å². The van der Waals surface area contributed by atoms with Crippen LogP contribution in [0.1, 0.15) is 39.5 Å². The molecule has 4 nitrogen and oxygen atoms in total. The van der Waals surface area contributed by atoms with Gasteiger partial charge in [-0.25, -0.2) is 4.98 Å². The highest BCUT2D eigenvalue weighted by molar-refractivity contribution is 7.18. The lowest BCUT2D eigenvalue weighted by Gasteiger charge is -2.29. The highest BCUT2D eigenvalue weighted by atomic mass is 32.1. The molecule has 2 heterocycles. The van der Waals surface area contributed by atoms with Gasteiger partial charge in [0, 0.05) is 18.0 Å². The third-order valence-corrected chi connectivity index (χ3v) is 5.07. The van der Waals surface area contributed by atoms with Crippen molar-refractivity contribution in [1.29, 1.82) is 0 Å². The lowest BCUT2D eigenvalue weighted by molar-refractivity contribution is 0.269. The number of nitrogens with zero attached hydrogens (tertiary/aromatic N) is 2. The fourth-order valence-electron chi connectivity index (χ4n) is 1.93. The minimum Gasteiger partial charge on any atom is -0.369 e. The first kappa shape index (κ1) is 16.0. The van der Waals surface area contributed by atoms with Crippen molar-refractivity contribution in [2.45, 2.75) is 41.5 Å². The van der Waals surface area contributed by atoms with E-state index in [1.807, 2.05) is 0 Å². The summed E-state index contributed by atoms with van der Waals surface area (Å²) >= 11 is 1.71. The Bertz CT molecular complexity index is 616. The molecule has 0 spiro atoms. The van der Waals surface area contributed by atoms with Gasteiger partial charge in [0.05, 0.1) is 5.39 Å². The summed E-state index contributed by atoms with van der Waals surface area (Å²) in [6.07, 6.45) is 0. The van der Waals surface area contributed by atoms with Gasteiger partial charge in [0.1, 0.15) is 10.6 Å². The third kappa shape index (κ3) is 3.64. The summed E-state index contributed by atoms with van der Waals surface area (Å²) in [4.78, 5) is 11.5. The summed E-state index contributed by atoms with van der Waals surface area (Å²) in [5.41, 5.74) is 0.223. The maximum Gasteiger partial charge on any atom is 0.226 e. The Morgan fingerprint density at radius 3 is 2.57 bits per heavy atom. The van der Waals surface area contributed by atoms with E-state index in [0.29, 0.717) is 11.9 Å². The van der Waals surface area contributed by atoms with E-state index in [0.717, 1.165) is 29.1 Å². The van der Waals surface area contributed by atoms with Gasteiger partial charge in [-0.3, -0.25) is 0 Å². The number of hydrogen-bond acceptors (Lipinski definition) is 5. The predicted octanol–water partition coefficient (Wildman–Crippen LogP) is 4.53. The molecule has 2 N–H and O–H groups in total. The number of rotatable bonds is 6. The molecule has 0 radical (unpaired) electrons. The minimum absolute atomic E-state index is 0.223. The Labute approximate surface area is 131 Å². The number of aromatic nitrogens is 2. The fraction of sp³-hybridized carbons (Fsp3) is 0.625. The van der Waals surface area contributed by atoms with Crippen LogP contribution >= 0.6 is 11.3 Å². The molecule has 0 atom stereocenters. The number of fused-ring (bicyclic) bond motifs is 1. The van der Waals surface area contributed by atoms with Crippen molar-refractivity contribution in [3.8, 4) is 0 Å². The van der Waals surface area contributed by atoms with E-state index in [-0.39, 0.29) is 5.41 Å². The monoisotopic (exact) mass is 306 g/mol. The number of aryl methyl sites for hydroxylation is 1. The van der Waals surface area contributed by atoms with Crippen molar-refractivity contribution in [3.05, 3.63) is 10.9 Å². The van der Waals surface area contributed by atoms with E-state index in [1.54, 1.807) is 11.3 Å². The number of thiophene rings is 1. The van der Waals surface area contributed by atoms with Gasteiger partial charge in [-0.05, 0) is 31.2 Å². The van der Waals surface area contributed by atoms with Crippen LogP contribution in [0.25, 0.3) is 10.2 Å². The van der Waals surface area contributed by atoms with Crippen molar-refractivity contribution in [1.82, 2.24) is 9.97 Å². The Morgan fingerprint density at radius 1 is 1.24 bits per heavy atom. The molecule has 21 heavy (non-hydrogen) atoms. The third-order valence-electron chi connectivity index (χ3n) is 4.13. The topological polar surface area (TPSA) is 49.8 Å². The summed E-state index contributed by atoms with van der Waals surface area (Å²) in [6.45, 7) is 15.0. The number of nitrogens with one attached hydrogen (secondary N) is 2. The smallest absolute Gasteiger partial charge is 0.226 e. The first-order chi connectivity index (χ1) is 9.83. The predicted molar refractivity (Wildman–Crippen MR) is 93.4 cm³/mol. The van der Waals surface area contributed by atoms with Crippen LogP contribution < -0.4 is 10.6 Å². The SMILES string of the molecule is CCNc1nc(NCC(C)(C)C(C)C)c2cc(C)sc2n1. The molecule has 0 bridgehead atoms. The van der Waals surface area contributed by atoms with E-state index >= 15 is 0 Å². The standard InChI is InChI=1S/C16H26N4S/c1-7-17-15-19-13(18-9-16(5,6)10(2)3)12-8-11(4)21-14(12)20-15/h8,10H,7,9H2,1-6H3,(H2,17,18,19,20). The maximum absolute atomic E-state index is 4.64. The summed E-state index contributed by atoms with van der Waals surface area (Å²) in [6, 6.07) is 2.17. The van der Waals surface area contributed by atoms with Crippen LogP contribution in [0.3, 0.4) is 0 Å². The van der Waals surface area contributed by atoms with Gasteiger partial charge >= 0.3 is 0 Å². The molecule has 0 saturated heterocycles. The van der Waals surface area contributed by atoms with Crippen LogP contribution in [0.4, 0.5) is 11.8 Å². The van der Waals surface area contributed by atoms with Crippen molar-refractivity contribution < 1.29 is 0 Å². The van der Waals surface area contributed by atoms with Crippen LogP contribution in [0.5, 0.6) is 0 Å². The molecular formula is C16H26N4S. The van der Waals surface area contributed by atoms with Crippen molar-refractivity contribution in [2.75, 3.05) is 23.7 Å². The van der Waals surface area contributed by atoms with Crippen LogP contribution in [0, 0.1) is 18.3 Å². The highest BCUT2D eigenvalue weighted by Gasteiger charge is 2.23. The Kier molecular flexibility index (Phi) is 4.71. The van der Waals surface area contributed by atoms with Gasteiger partial charge < -0.3 is 10.6 Å². The second-order valence-corrected chi connectivity index (χ2v) is 7.73. The zero-order valence-electron chi connectivity index (χ0n) is 13.9. The van der Waals surface area contributed by atoms with Crippen LogP contribution in [-0.2, 0) is 0 Å². The van der Waals surface area contributed by atoms with Crippen molar-refractivity contribution >= 4 is 33.3 Å². The van der Waals surface area contributed by atoms with Gasteiger partial charge in [0.15, 0.2) is 0 Å². The first-order valence-electron chi connectivity index (χ1n) is 7.59. The summed E-state index contributed by atoms with van der Waals surface area (Å²) in [5.74, 6) is 2.26. The Morgan fingerprint density at radius 2 is 1.95 bits per heavy atom. The molecule has 0 fully saturated rings. The zero-order valence-corrected chi connectivity index (χ0v) is 14.7. The molecule has 2 aromatic rings. The van der Waals surface area contributed by atoms with E-state index in [9.17, 15) is 0 Å². The molecular weight excluding hydrogens is 280 g/mol. The molecule has 0 aromatic carbocycles. The van der Waals surface area contributed by atoms with E-state index in [1.165, 1.54) is 4.88 Å². The molecule has 5 heteroatoms. The molecule has 0 aliphatic heterocycles. The largest absolute Gasteiger partial charge is 0.369 e. The van der Waals surface area contributed by atoms with E-state index in [2.05, 4.69) is 68.2 Å². The van der Waals surface area contributed by atoms with Crippen LogP contribution in [0.2, 0.25) is 0 Å². The first-order valence-corrected chi connectivity index (χ1v) is 8.41. The second kappa shape index (κ2) is 6.18. The lowest BCUT2D eigenvalue weighted by Crippen LogP contribution is -2.28. The highest BCUT2D eigenvalue weighted by Crippen LogP contribution is 2.31. The van der Waals surface area contributed by atoms with Gasteiger partial charge in [-0.1, -0.05) is 27.7 Å². The maximum atomic E-state index is 4.64. The van der Waals surface area contributed by atoms with Gasteiger partial charge in [0.2, 0.25) is 5.95 Å². The minimum atomic E-state index is 0.223.